The van der Waals surface area contributed by atoms with Crippen LogP contribution in [0.2, 0.25) is 0 Å². The van der Waals surface area contributed by atoms with E-state index in [0.717, 1.165) is 57.8 Å². The molecule has 0 fully saturated rings. The number of esters is 1. The zero-order chi connectivity index (χ0) is 47.2. The van der Waals surface area contributed by atoms with Gasteiger partial charge in [-0.2, -0.15) is 0 Å². The van der Waals surface area contributed by atoms with Gasteiger partial charge in [0.15, 0.2) is 0 Å². The van der Waals surface area contributed by atoms with E-state index in [1.165, 1.54) is 225 Å². The van der Waals surface area contributed by atoms with Crippen molar-refractivity contribution in [3.8, 4) is 0 Å². The molecular weight excluding hydrogens is 803 g/mol. The summed E-state index contributed by atoms with van der Waals surface area (Å²) in [6.45, 7) is 4.94. The summed E-state index contributed by atoms with van der Waals surface area (Å²) in [6.07, 6.45) is 65.9. The lowest BCUT2D eigenvalue weighted by atomic mass is 10.0. The molecule has 3 N–H and O–H groups in total. The lowest BCUT2D eigenvalue weighted by Crippen LogP contribution is -2.45. The van der Waals surface area contributed by atoms with Crippen molar-refractivity contribution in [3.05, 3.63) is 24.3 Å². The molecule has 0 aliphatic carbocycles. The lowest BCUT2D eigenvalue weighted by Gasteiger charge is -2.22. The molecule has 384 valence electrons. The first-order chi connectivity index (χ1) is 32.0. The van der Waals surface area contributed by atoms with Gasteiger partial charge in [-0.05, 0) is 77.0 Å². The minimum Gasteiger partial charge on any atom is -0.466 e. The van der Waals surface area contributed by atoms with Crippen LogP contribution in [-0.2, 0) is 14.3 Å². The van der Waals surface area contributed by atoms with Crippen LogP contribution in [0.1, 0.15) is 316 Å². The maximum Gasteiger partial charge on any atom is 0.305 e. The summed E-state index contributed by atoms with van der Waals surface area (Å²) in [7, 11) is 0. The second-order valence-electron chi connectivity index (χ2n) is 20.0. The molecule has 0 saturated carbocycles. The molecule has 0 aliphatic heterocycles. The SMILES string of the molecule is CCCCCCC/C=C\CCCCCCCC(=O)OCCCCCCCCCCC/C=C\CCCCCCCC(=O)NC(CO)C(O)CCCCCCCCCCCCCCCCCC. The summed E-state index contributed by atoms with van der Waals surface area (Å²) in [5.74, 6) is -0.0532. The lowest BCUT2D eigenvalue weighted by molar-refractivity contribution is -0.143. The number of ether oxygens (including phenoxy) is 1. The molecule has 0 aromatic heterocycles. The van der Waals surface area contributed by atoms with Crippen molar-refractivity contribution in [1.29, 1.82) is 0 Å². The van der Waals surface area contributed by atoms with E-state index in [-0.39, 0.29) is 18.5 Å². The van der Waals surface area contributed by atoms with E-state index < -0.39 is 12.1 Å². The van der Waals surface area contributed by atoms with Crippen LogP contribution < -0.4 is 5.32 Å². The molecule has 2 atom stereocenters. The maximum atomic E-state index is 12.5. The zero-order valence-corrected chi connectivity index (χ0v) is 43.7. The van der Waals surface area contributed by atoms with Crippen molar-refractivity contribution in [1.82, 2.24) is 5.32 Å². The Morgan fingerprint density at radius 3 is 1.09 bits per heavy atom. The third kappa shape index (κ3) is 51.6. The highest BCUT2D eigenvalue weighted by molar-refractivity contribution is 5.76. The van der Waals surface area contributed by atoms with Gasteiger partial charge in [-0.3, -0.25) is 9.59 Å². The van der Waals surface area contributed by atoms with Gasteiger partial charge in [0.25, 0.3) is 0 Å². The molecule has 0 aromatic carbocycles. The predicted octanol–water partition coefficient (Wildman–Crippen LogP) is 17.9. The molecule has 6 heteroatoms. The van der Waals surface area contributed by atoms with Crippen molar-refractivity contribution in [2.45, 2.75) is 328 Å². The highest BCUT2D eigenvalue weighted by Crippen LogP contribution is 2.17. The average Bonchev–Trinajstić information content (AvgIpc) is 3.31. The average molecular weight is 917 g/mol. The molecular formula is C59H113NO5. The molecule has 65 heavy (non-hydrogen) atoms. The van der Waals surface area contributed by atoms with E-state index in [1.54, 1.807) is 0 Å². The van der Waals surface area contributed by atoms with Crippen LogP contribution in [0.5, 0.6) is 0 Å². The van der Waals surface area contributed by atoms with Gasteiger partial charge in [-0.1, -0.05) is 250 Å². The Kier molecular flexibility index (Phi) is 53.5. The van der Waals surface area contributed by atoms with Crippen LogP contribution in [0.3, 0.4) is 0 Å². The monoisotopic (exact) mass is 916 g/mol. The summed E-state index contributed by atoms with van der Waals surface area (Å²) in [5, 5.41) is 23.3. The van der Waals surface area contributed by atoms with Gasteiger partial charge in [-0.15, -0.1) is 0 Å². The van der Waals surface area contributed by atoms with E-state index in [2.05, 4.69) is 43.5 Å². The minimum absolute atomic E-state index is 0.00533. The summed E-state index contributed by atoms with van der Waals surface area (Å²) >= 11 is 0. The Balaban J connectivity index is 3.45. The molecule has 0 rings (SSSR count). The number of nitrogens with one attached hydrogen (secondary N) is 1. The van der Waals surface area contributed by atoms with E-state index in [0.29, 0.717) is 25.9 Å². The second kappa shape index (κ2) is 54.9. The van der Waals surface area contributed by atoms with Crippen molar-refractivity contribution in [3.63, 3.8) is 0 Å². The summed E-state index contributed by atoms with van der Waals surface area (Å²) in [5.41, 5.74) is 0. The Hall–Kier alpha value is -1.66. The predicted molar refractivity (Wildman–Crippen MR) is 283 cm³/mol. The Bertz CT molecular complexity index is 1010. The molecule has 0 radical (unpaired) electrons. The molecule has 0 heterocycles. The summed E-state index contributed by atoms with van der Waals surface area (Å²) < 4.78 is 5.47. The van der Waals surface area contributed by atoms with Gasteiger partial charge < -0.3 is 20.3 Å². The number of aliphatic hydroxyl groups is 2. The van der Waals surface area contributed by atoms with Gasteiger partial charge >= 0.3 is 5.97 Å². The number of aliphatic hydroxyl groups excluding tert-OH is 2. The first-order valence-electron chi connectivity index (χ1n) is 29.1. The molecule has 6 nitrogen and oxygen atoms in total. The first kappa shape index (κ1) is 63.3. The maximum absolute atomic E-state index is 12.5. The normalized spacial score (nSPS) is 12.7. The Labute approximate surface area is 405 Å². The topological polar surface area (TPSA) is 95.9 Å². The number of carbonyl (C=O) groups is 2. The Morgan fingerprint density at radius 2 is 0.723 bits per heavy atom. The van der Waals surface area contributed by atoms with Crippen LogP contribution in [0, 0.1) is 0 Å². The fourth-order valence-electron chi connectivity index (χ4n) is 8.98. The third-order valence-electron chi connectivity index (χ3n) is 13.5. The molecule has 0 bridgehead atoms. The van der Waals surface area contributed by atoms with Gasteiger partial charge in [0, 0.05) is 12.8 Å². The van der Waals surface area contributed by atoms with Crippen LogP contribution in [0.25, 0.3) is 0 Å². The van der Waals surface area contributed by atoms with Crippen LogP contribution in [0.15, 0.2) is 24.3 Å². The summed E-state index contributed by atoms with van der Waals surface area (Å²) in [6, 6.07) is -0.551. The molecule has 1 amide bonds. The van der Waals surface area contributed by atoms with E-state index in [9.17, 15) is 19.8 Å². The molecule has 0 aliphatic rings. The Morgan fingerprint density at radius 1 is 0.415 bits per heavy atom. The van der Waals surface area contributed by atoms with Crippen LogP contribution in [-0.4, -0.2) is 47.4 Å². The van der Waals surface area contributed by atoms with Gasteiger partial charge in [0.2, 0.25) is 5.91 Å². The smallest absolute Gasteiger partial charge is 0.305 e. The fraction of sp³-hybridized carbons (Fsp3) is 0.898. The number of hydrogen-bond acceptors (Lipinski definition) is 5. The van der Waals surface area contributed by atoms with Crippen molar-refractivity contribution in [2.75, 3.05) is 13.2 Å². The number of allylic oxidation sites excluding steroid dienone is 4. The van der Waals surface area contributed by atoms with E-state index in [4.69, 9.17) is 4.74 Å². The van der Waals surface area contributed by atoms with Gasteiger partial charge in [0.05, 0.1) is 25.4 Å². The second-order valence-corrected chi connectivity index (χ2v) is 20.0. The van der Waals surface area contributed by atoms with Crippen LogP contribution in [0.4, 0.5) is 0 Å². The largest absolute Gasteiger partial charge is 0.466 e. The van der Waals surface area contributed by atoms with Crippen LogP contribution >= 0.6 is 0 Å². The van der Waals surface area contributed by atoms with Crippen molar-refractivity contribution in [2.24, 2.45) is 0 Å². The highest BCUT2D eigenvalue weighted by atomic mass is 16.5. The third-order valence-corrected chi connectivity index (χ3v) is 13.5. The zero-order valence-electron chi connectivity index (χ0n) is 43.7. The highest BCUT2D eigenvalue weighted by Gasteiger charge is 2.20. The fourth-order valence-corrected chi connectivity index (χ4v) is 8.98. The molecule has 0 aromatic rings. The molecule has 0 spiro atoms. The number of unbranched alkanes of at least 4 members (excludes halogenated alkanes) is 39. The number of hydrogen-bond donors (Lipinski definition) is 3. The number of amides is 1. The molecule has 2 unspecified atom stereocenters. The van der Waals surface area contributed by atoms with Gasteiger partial charge in [0.1, 0.15) is 0 Å². The summed E-state index contributed by atoms with van der Waals surface area (Å²) in [4.78, 5) is 24.5. The first-order valence-corrected chi connectivity index (χ1v) is 29.1. The number of rotatable bonds is 54. The quantitative estimate of drug-likeness (QED) is 0.0321. The van der Waals surface area contributed by atoms with E-state index in [1.807, 2.05) is 0 Å². The van der Waals surface area contributed by atoms with Crippen molar-refractivity contribution >= 4 is 11.9 Å². The van der Waals surface area contributed by atoms with Gasteiger partial charge in [-0.25, -0.2) is 0 Å². The van der Waals surface area contributed by atoms with Crippen molar-refractivity contribution < 1.29 is 24.5 Å². The molecule has 0 saturated heterocycles. The number of carbonyl (C=O) groups excluding carboxylic acids is 2. The van der Waals surface area contributed by atoms with E-state index >= 15 is 0 Å². The standard InChI is InChI=1S/C59H113NO5/c1-3-5-7-9-11-13-15-17-19-24-27-31-35-39-43-47-51-57(62)56(55-61)60-58(63)52-48-44-40-36-32-28-25-22-20-21-23-26-30-34-38-42-46-50-54-65-59(64)53-49-45-41-37-33-29-18-16-14-12-10-8-6-4-2/h16,18,22,25,56-57,61-62H,3-15,17,19-21,23-24,26-55H2,1-2H3,(H,60,63)/b18-16-,25-22-. The minimum atomic E-state index is -0.673.